The van der Waals surface area contributed by atoms with Gasteiger partial charge in [0.05, 0.1) is 5.69 Å². The van der Waals surface area contributed by atoms with Gasteiger partial charge in [0.1, 0.15) is 0 Å². The van der Waals surface area contributed by atoms with Crippen LogP contribution in [0.3, 0.4) is 0 Å². The smallest absolute Gasteiger partial charge is 0.210 e. The highest BCUT2D eigenvalue weighted by Gasteiger charge is 2.13. The van der Waals surface area contributed by atoms with Crippen molar-refractivity contribution in [2.75, 3.05) is 11.2 Å². The minimum Gasteiger partial charge on any atom is -0.335 e. The summed E-state index contributed by atoms with van der Waals surface area (Å²) in [7, 11) is 0. The molecule has 4 rings (SSSR count). The zero-order valence-corrected chi connectivity index (χ0v) is 17.2. The molecule has 8 heteroatoms. The molecule has 3 N–H and O–H groups in total. The Balaban J connectivity index is 1.40. The number of rotatable bonds is 6. The molecule has 2 aromatic heterocycles. The fourth-order valence-electron chi connectivity index (χ4n) is 2.60. The van der Waals surface area contributed by atoms with Crippen LogP contribution in [0, 0.1) is 13.8 Å². The van der Waals surface area contributed by atoms with Crippen molar-refractivity contribution in [3.63, 3.8) is 0 Å². The minimum absolute atomic E-state index is 0.655. The van der Waals surface area contributed by atoms with Gasteiger partial charge in [-0.05, 0) is 26.0 Å². The first-order valence-corrected chi connectivity index (χ1v) is 10.6. The van der Waals surface area contributed by atoms with E-state index in [0.29, 0.717) is 16.7 Å². The summed E-state index contributed by atoms with van der Waals surface area (Å²) in [6.07, 6.45) is 0. The van der Waals surface area contributed by atoms with Crippen molar-refractivity contribution in [1.82, 2.24) is 19.9 Å². The van der Waals surface area contributed by atoms with Crippen LogP contribution in [0.5, 0.6) is 0 Å². The third-order valence-electron chi connectivity index (χ3n) is 4.18. The average molecular weight is 409 g/mol. The van der Waals surface area contributed by atoms with Gasteiger partial charge in [0.25, 0.3) is 0 Å². The van der Waals surface area contributed by atoms with Crippen LogP contribution in [0.4, 0.5) is 10.8 Å². The van der Waals surface area contributed by atoms with Gasteiger partial charge in [0.15, 0.2) is 11.0 Å². The Bertz CT molecular complexity index is 1070. The van der Waals surface area contributed by atoms with Crippen LogP contribution in [0.25, 0.3) is 11.4 Å². The van der Waals surface area contributed by atoms with Crippen molar-refractivity contribution in [3.05, 3.63) is 70.7 Å². The molecule has 2 aromatic carbocycles. The average Bonchev–Trinajstić information content (AvgIpc) is 3.29. The maximum Gasteiger partial charge on any atom is 0.210 e. The maximum absolute atomic E-state index is 6.20. The van der Waals surface area contributed by atoms with Crippen LogP contribution in [-0.4, -0.2) is 19.9 Å². The van der Waals surface area contributed by atoms with Crippen LogP contribution >= 0.6 is 23.1 Å². The van der Waals surface area contributed by atoms with E-state index in [-0.39, 0.29) is 0 Å². The molecule has 0 unspecified atom stereocenters. The Morgan fingerprint density at radius 2 is 1.68 bits per heavy atom. The number of thiazole rings is 1. The number of aromatic nitrogens is 4. The lowest BCUT2D eigenvalue weighted by Crippen LogP contribution is -2.11. The van der Waals surface area contributed by atoms with Crippen LogP contribution in [0.15, 0.2) is 59.1 Å². The van der Waals surface area contributed by atoms with Gasteiger partial charge in [-0.15, -0.1) is 21.5 Å². The van der Waals surface area contributed by atoms with Crippen molar-refractivity contribution < 1.29 is 0 Å². The molecule has 2 heterocycles. The van der Waals surface area contributed by atoms with Gasteiger partial charge in [0.2, 0.25) is 5.16 Å². The summed E-state index contributed by atoms with van der Waals surface area (Å²) in [5.74, 6) is 7.53. The lowest BCUT2D eigenvalue weighted by Gasteiger charge is -2.04. The van der Waals surface area contributed by atoms with Crippen molar-refractivity contribution in [2.45, 2.75) is 24.8 Å². The van der Waals surface area contributed by atoms with Crippen molar-refractivity contribution in [2.24, 2.45) is 0 Å². The molecular weight excluding hydrogens is 388 g/mol. The number of thioether (sulfide) groups is 1. The zero-order chi connectivity index (χ0) is 19.5. The molecule has 0 aliphatic carbocycles. The van der Waals surface area contributed by atoms with Crippen molar-refractivity contribution in [1.29, 1.82) is 0 Å². The second-order valence-corrected chi connectivity index (χ2v) is 8.27. The Kier molecular flexibility index (Phi) is 5.31. The number of hydrogen-bond donors (Lipinski definition) is 2. The van der Waals surface area contributed by atoms with Crippen molar-refractivity contribution in [3.8, 4) is 11.4 Å². The van der Waals surface area contributed by atoms with E-state index in [9.17, 15) is 0 Å². The summed E-state index contributed by atoms with van der Waals surface area (Å²) in [6.45, 7) is 4.12. The van der Waals surface area contributed by atoms with Crippen LogP contribution in [0.2, 0.25) is 0 Å². The predicted octanol–water partition coefficient (Wildman–Crippen LogP) is 4.77. The van der Waals surface area contributed by atoms with Gasteiger partial charge in [-0.3, -0.25) is 0 Å². The first kappa shape index (κ1) is 18.5. The SMILES string of the molecule is Cc1ccc(Nc2nc(CSc3nnc(-c4ccc(C)cc4)n3N)cs2)cc1. The van der Waals surface area contributed by atoms with E-state index in [1.165, 1.54) is 27.6 Å². The van der Waals surface area contributed by atoms with Crippen LogP contribution < -0.4 is 11.2 Å². The quantitative estimate of drug-likeness (QED) is 0.353. The molecule has 0 saturated carbocycles. The van der Waals surface area contributed by atoms with Gasteiger partial charge < -0.3 is 11.2 Å². The van der Waals surface area contributed by atoms with Crippen LogP contribution in [-0.2, 0) is 5.75 Å². The fraction of sp³-hybridized carbons (Fsp3) is 0.150. The highest BCUT2D eigenvalue weighted by Crippen LogP contribution is 2.27. The summed E-state index contributed by atoms with van der Waals surface area (Å²) in [5, 5.41) is 15.4. The Morgan fingerprint density at radius 1 is 1.00 bits per heavy atom. The number of nitrogen functional groups attached to an aromatic ring is 1. The van der Waals surface area contributed by atoms with Gasteiger partial charge in [-0.25, -0.2) is 9.66 Å². The highest BCUT2D eigenvalue weighted by atomic mass is 32.2. The second kappa shape index (κ2) is 8.04. The minimum atomic E-state index is 0.655. The highest BCUT2D eigenvalue weighted by molar-refractivity contribution is 7.98. The fourth-order valence-corrected chi connectivity index (χ4v) is 4.19. The largest absolute Gasteiger partial charge is 0.335 e. The number of aryl methyl sites for hydroxylation is 2. The predicted molar refractivity (Wildman–Crippen MR) is 116 cm³/mol. The number of nitrogens with two attached hydrogens (primary N) is 1. The zero-order valence-electron chi connectivity index (χ0n) is 15.6. The molecule has 0 saturated heterocycles. The molecular formula is C20H20N6S2. The molecule has 0 aliphatic rings. The van der Waals surface area contributed by atoms with Gasteiger partial charge in [-0.2, -0.15) is 0 Å². The van der Waals surface area contributed by atoms with E-state index >= 15 is 0 Å². The number of nitrogens with one attached hydrogen (secondary N) is 1. The molecule has 0 radical (unpaired) electrons. The van der Waals surface area contributed by atoms with Crippen molar-refractivity contribution >= 4 is 33.9 Å². The summed E-state index contributed by atoms with van der Waals surface area (Å²) >= 11 is 3.10. The van der Waals surface area contributed by atoms with E-state index in [2.05, 4.69) is 51.7 Å². The summed E-state index contributed by atoms with van der Waals surface area (Å²) in [6, 6.07) is 16.3. The van der Waals surface area contributed by atoms with E-state index in [0.717, 1.165) is 22.1 Å². The van der Waals surface area contributed by atoms with E-state index in [1.54, 1.807) is 11.3 Å². The van der Waals surface area contributed by atoms with E-state index in [4.69, 9.17) is 5.84 Å². The second-order valence-electron chi connectivity index (χ2n) is 6.47. The number of benzene rings is 2. The number of hydrogen-bond acceptors (Lipinski definition) is 7. The van der Waals surface area contributed by atoms with E-state index in [1.807, 2.05) is 36.6 Å². The Labute approximate surface area is 171 Å². The van der Waals surface area contributed by atoms with Crippen LogP contribution in [0.1, 0.15) is 16.8 Å². The number of anilines is 2. The molecule has 0 spiro atoms. The number of nitrogens with zero attached hydrogens (tertiary/aromatic N) is 4. The van der Waals surface area contributed by atoms with Gasteiger partial charge in [0, 0.05) is 22.4 Å². The molecule has 0 bridgehead atoms. The molecule has 0 amide bonds. The molecule has 0 atom stereocenters. The molecule has 142 valence electrons. The molecule has 0 fully saturated rings. The topological polar surface area (TPSA) is 81.7 Å². The van der Waals surface area contributed by atoms with Gasteiger partial charge in [-0.1, -0.05) is 59.3 Å². The first-order chi connectivity index (χ1) is 13.6. The first-order valence-electron chi connectivity index (χ1n) is 8.77. The molecule has 4 aromatic rings. The Morgan fingerprint density at radius 3 is 2.39 bits per heavy atom. The third kappa shape index (κ3) is 4.18. The molecule has 28 heavy (non-hydrogen) atoms. The summed E-state index contributed by atoms with van der Waals surface area (Å²) < 4.78 is 1.53. The molecule has 0 aliphatic heterocycles. The lowest BCUT2D eigenvalue weighted by atomic mass is 10.1. The third-order valence-corrected chi connectivity index (χ3v) is 5.96. The van der Waals surface area contributed by atoms with Gasteiger partial charge >= 0.3 is 0 Å². The summed E-state index contributed by atoms with van der Waals surface area (Å²) in [4.78, 5) is 4.64. The monoisotopic (exact) mass is 408 g/mol. The standard InChI is InChI=1S/C20H20N6S2/c1-13-3-7-15(8-4-13)18-24-25-20(26(18)21)28-12-17-11-27-19(23-17)22-16-9-5-14(2)6-10-16/h3-11H,12,21H2,1-2H3,(H,22,23). The Hall–Kier alpha value is -2.84. The van der Waals surface area contributed by atoms with E-state index < -0.39 is 0 Å². The molecule has 6 nitrogen and oxygen atoms in total. The lowest BCUT2D eigenvalue weighted by molar-refractivity contribution is 0.849. The maximum atomic E-state index is 6.20. The summed E-state index contributed by atoms with van der Waals surface area (Å²) in [5.41, 5.74) is 5.39. The normalized spacial score (nSPS) is 10.9.